The first-order valence-electron chi connectivity index (χ1n) is 6.16. The summed E-state index contributed by atoms with van der Waals surface area (Å²) in [5, 5.41) is -0.00553. The number of hydrogen-bond acceptors (Lipinski definition) is 2. The predicted molar refractivity (Wildman–Crippen MR) is 77.4 cm³/mol. The highest BCUT2D eigenvalue weighted by molar-refractivity contribution is 7.84. The highest BCUT2D eigenvalue weighted by atomic mass is 35.5. The molecule has 0 saturated carbocycles. The first-order chi connectivity index (χ1) is 9.43. The Morgan fingerprint density at radius 3 is 2.75 bits per heavy atom. The van der Waals surface area contributed by atoms with Crippen LogP contribution in [0.2, 0.25) is 0 Å². The number of nitrogens with zero attached hydrogens (tertiary/aromatic N) is 2. The average Bonchev–Trinajstić information content (AvgIpc) is 2.73. The topological polar surface area (TPSA) is 34.9 Å². The summed E-state index contributed by atoms with van der Waals surface area (Å²) in [7, 11) is -0.938. The maximum absolute atomic E-state index is 13.7. The predicted octanol–water partition coefficient (Wildman–Crippen LogP) is 3.21. The standard InChI is InChI=1S/C13H15ClF2N2OS/c1-8(20(2)19)3-4-18-11-6-9(15)5-10(16)13(11)17-12(18)7-14/h5-6,8H,3-4,7H2,1-2H3. The number of imidazole rings is 1. The molecular formula is C13H15ClF2N2OS. The van der Waals surface area contributed by atoms with Gasteiger partial charge in [-0.2, -0.15) is 0 Å². The van der Waals surface area contributed by atoms with Crippen molar-refractivity contribution in [2.45, 2.75) is 31.0 Å². The van der Waals surface area contributed by atoms with Gasteiger partial charge < -0.3 is 4.57 Å². The molecule has 1 aromatic carbocycles. The number of aromatic nitrogens is 2. The smallest absolute Gasteiger partial charge is 0.153 e. The third kappa shape index (κ3) is 3.01. The van der Waals surface area contributed by atoms with Gasteiger partial charge in [-0.15, -0.1) is 11.6 Å². The molecule has 20 heavy (non-hydrogen) atoms. The van der Waals surface area contributed by atoms with Crippen LogP contribution in [-0.2, 0) is 23.2 Å². The van der Waals surface area contributed by atoms with Gasteiger partial charge in [0.15, 0.2) is 5.82 Å². The largest absolute Gasteiger partial charge is 0.327 e. The molecule has 0 aliphatic rings. The lowest BCUT2D eigenvalue weighted by Gasteiger charge is -2.11. The molecule has 0 amide bonds. The van der Waals surface area contributed by atoms with Gasteiger partial charge in [0.2, 0.25) is 0 Å². The molecule has 7 heteroatoms. The quantitative estimate of drug-likeness (QED) is 0.793. The van der Waals surface area contributed by atoms with E-state index in [4.69, 9.17) is 11.6 Å². The van der Waals surface area contributed by atoms with E-state index >= 15 is 0 Å². The summed E-state index contributed by atoms with van der Waals surface area (Å²) >= 11 is 5.81. The van der Waals surface area contributed by atoms with Crippen LogP contribution in [0.3, 0.4) is 0 Å². The van der Waals surface area contributed by atoms with Gasteiger partial charge in [-0.25, -0.2) is 13.8 Å². The van der Waals surface area contributed by atoms with Crippen LogP contribution < -0.4 is 0 Å². The molecule has 2 unspecified atom stereocenters. The van der Waals surface area contributed by atoms with E-state index in [9.17, 15) is 13.0 Å². The third-order valence-electron chi connectivity index (χ3n) is 3.30. The molecule has 0 N–H and O–H groups in total. The molecule has 0 aliphatic carbocycles. The minimum atomic E-state index is -0.938. The molecule has 3 nitrogen and oxygen atoms in total. The minimum Gasteiger partial charge on any atom is -0.327 e. The van der Waals surface area contributed by atoms with Crippen molar-refractivity contribution >= 4 is 33.4 Å². The second-order valence-electron chi connectivity index (χ2n) is 4.67. The summed E-state index contributed by atoms with van der Waals surface area (Å²) in [5.74, 6) is -0.749. The van der Waals surface area contributed by atoms with Crippen molar-refractivity contribution in [3.63, 3.8) is 0 Å². The highest BCUT2D eigenvalue weighted by Gasteiger charge is 2.16. The number of hydrogen-bond donors (Lipinski definition) is 0. The van der Waals surface area contributed by atoms with Crippen molar-refractivity contribution in [2.75, 3.05) is 6.26 Å². The summed E-state index contributed by atoms with van der Waals surface area (Å²) in [4.78, 5) is 4.11. The Labute approximate surface area is 123 Å². The Hall–Kier alpha value is -1.01. The van der Waals surface area contributed by atoms with E-state index in [0.717, 1.165) is 6.07 Å². The summed E-state index contributed by atoms with van der Waals surface area (Å²) < 4.78 is 40.1. The van der Waals surface area contributed by atoms with E-state index in [2.05, 4.69) is 4.98 Å². The number of alkyl halides is 1. The number of halogens is 3. The lowest BCUT2D eigenvalue weighted by atomic mass is 10.2. The summed E-state index contributed by atoms with van der Waals surface area (Å²) in [6, 6.07) is 2.05. The van der Waals surface area contributed by atoms with Crippen LogP contribution >= 0.6 is 11.6 Å². The zero-order chi connectivity index (χ0) is 14.9. The summed E-state index contributed by atoms with van der Waals surface area (Å²) in [6.45, 7) is 2.35. The van der Waals surface area contributed by atoms with Gasteiger partial charge in [-0.3, -0.25) is 4.21 Å². The molecule has 0 fully saturated rings. The van der Waals surface area contributed by atoms with Gasteiger partial charge in [-0.05, 0) is 12.5 Å². The molecule has 0 aliphatic heterocycles. The number of rotatable bonds is 5. The molecule has 110 valence electrons. The molecule has 0 spiro atoms. The fourth-order valence-electron chi connectivity index (χ4n) is 2.03. The molecular weight excluding hydrogens is 306 g/mol. The Kier molecular flexibility index (Phi) is 4.75. The number of fused-ring (bicyclic) bond motifs is 1. The van der Waals surface area contributed by atoms with Crippen LogP contribution in [0.4, 0.5) is 8.78 Å². The van der Waals surface area contributed by atoms with Crippen molar-refractivity contribution in [1.29, 1.82) is 0 Å². The highest BCUT2D eigenvalue weighted by Crippen LogP contribution is 2.22. The Bertz CT molecular complexity index is 659. The molecule has 2 atom stereocenters. The normalized spacial score (nSPS) is 14.7. The van der Waals surface area contributed by atoms with E-state index in [1.807, 2.05) is 6.92 Å². The van der Waals surface area contributed by atoms with Gasteiger partial charge in [0.25, 0.3) is 0 Å². The van der Waals surface area contributed by atoms with E-state index < -0.39 is 22.4 Å². The van der Waals surface area contributed by atoms with Crippen molar-refractivity contribution < 1.29 is 13.0 Å². The van der Waals surface area contributed by atoms with Crippen LogP contribution in [0.1, 0.15) is 19.2 Å². The maximum atomic E-state index is 13.7. The van der Waals surface area contributed by atoms with Gasteiger partial charge in [0, 0.05) is 34.9 Å². The number of aryl methyl sites for hydroxylation is 1. The van der Waals surface area contributed by atoms with E-state index in [1.165, 1.54) is 6.07 Å². The molecule has 2 aromatic rings. The Balaban J connectivity index is 2.42. The molecule has 1 aromatic heterocycles. The number of benzene rings is 1. The zero-order valence-corrected chi connectivity index (χ0v) is 12.8. The van der Waals surface area contributed by atoms with E-state index in [-0.39, 0.29) is 16.6 Å². The lowest BCUT2D eigenvalue weighted by molar-refractivity contribution is 0.588. The second kappa shape index (κ2) is 6.18. The fourth-order valence-corrected chi connectivity index (χ4v) is 2.67. The first-order valence-corrected chi connectivity index (χ1v) is 8.32. The first kappa shape index (κ1) is 15.4. The molecule has 0 bridgehead atoms. The van der Waals surface area contributed by atoms with Crippen LogP contribution in [0.5, 0.6) is 0 Å². The van der Waals surface area contributed by atoms with Gasteiger partial charge in [-0.1, -0.05) is 6.92 Å². The van der Waals surface area contributed by atoms with Crippen molar-refractivity contribution in [3.8, 4) is 0 Å². The second-order valence-corrected chi connectivity index (χ2v) is 6.74. The third-order valence-corrected chi connectivity index (χ3v) is 4.90. The van der Waals surface area contributed by atoms with Crippen LogP contribution in [0.25, 0.3) is 11.0 Å². The zero-order valence-electron chi connectivity index (χ0n) is 11.2. The minimum absolute atomic E-state index is 0.00553. The molecule has 1 heterocycles. The van der Waals surface area contributed by atoms with Gasteiger partial charge >= 0.3 is 0 Å². The van der Waals surface area contributed by atoms with Crippen LogP contribution in [-0.4, -0.2) is 25.3 Å². The summed E-state index contributed by atoms with van der Waals surface area (Å²) in [5.41, 5.74) is 0.500. The summed E-state index contributed by atoms with van der Waals surface area (Å²) in [6.07, 6.45) is 2.26. The van der Waals surface area contributed by atoms with E-state index in [0.29, 0.717) is 24.3 Å². The van der Waals surface area contributed by atoms with Gasteiger partial charge in [0.05, 0.1) is 11.4 Å². The SMILES string of the molecule is CC(CCn1c(CCl)nc2c(F)cc(F)cc21)S(C)=O. The molecule has 0 saturated heterocycles. The fraction of sp³-hybridized carbons (Fsp3) is 0.462. The maximum Gasteiger partial charge on any atom is 0.153 e. The Morgan fingerprint density at radius 1 is 1.45 bits per heavy atom. The lowest BCUT2D eigenvalue weighted by Crippen LogP contribution is -2.14. The van der Waals surface area contributed by atoms with Gasteiger partial charge in [0.1, 0.15) is 17.2 Å². The van der Waals surface area contributed by atoms with Crippen molar-refractivity contribution in [1.82, 2.24) is 9.55 Å². The average molecular weight is 321 g/mol. The molecule has 0 radical (unpaired) electrons. The van der Waals surface area contributed by atoms with E-state index in [1.54, 1.807) is 10.8 Å². The Morgan fingerprint density at radius 2 is 2.15 bits per heavy atom. The van der Waals surface area contributed by atoms with Crippen LogP contribution in [0.15, 0.2) is 12.1 Å². The van der Waals surface area contributed by atoms with Crippen molar-refractivity contribution in [3.05, 3.63) is 29.6 Å². The molecule has 2 rings (SSSR count). The monoisotopic (exact) mass is 320 g/mol. The van der Waals surface area contributed by atoms with Crippen molar-refractivity contribution in [2.24, 2.45) is 0 Å². The van der Waals surface area contributed by atoms with Crippen LogP contribution in [0, 0.1) is 11.6 Å².